The van der Waals surface area contributed by atoms with Crippen LogP contribution in [0.5, 0.6) is 5.75 Å². The summed E-state index contributed by atoms with van der Waals surface area (Å²) >= 11 is 0. The van der Waals surface area contributed by atoms with Crippen molar-refractivity contribution in [3.8, 4) is 5.75 Å². The van der Waals surface area contributed by atoms with E-state index in [0.29, 0.717) is 17.9 Å². The van der Waals surface area contributed by atoms with Crippen molar-refractivity contribution in [1.29, 1.82) is 0 Å². The molecule has 0 aliphatic heterocycles. The van der Waals surface area contributed by atoms with Gasteiger partial charge in [-0.3, -0.25) is 25.0 Å². The molecule has 3 aromatic rings. The zero-order chi connectivity index (χ0) is 22.9. The summed E-state index contributed by atoms with van der Waals surface area (Å²) in [6, 6.07) is 19.9. The summed E-state index contributed by atoms with van der Waals surface area (Å²) in [6.45, 7) is 0.444. The molecule has 0 saturated carbocycles. The topological polar surface area (TPSA) is 137 Å². The number of non-ortho nitro benzene ring substituents is 1. The number of nitrogens with one attached hydrogen (secondary N) is 1. The van der Waals surface area contributed by atoms with E-state index >= 15 is 0 Å². The Morgan fingerprint density at radius 3 is 2.34 bits per heavy atom. The Hall–Kier alpha value is -4.60. The predicted molar refractivity (Wildman–Crippen MR) is 116 cm³/mol. The van der Waals surface area contributed by atoms with Gasteiger partial charge in [-0.15, -0.1) is 0 Å². The fourth-order valence-electron chi connectivity index (χ4n) is 2.77. The number of rotatable bonds is 9. The molecule has 0 radical (unpaired) electrons. The highest BCUT2D eigenvalue weighted by molar-refractivity contribution is 5.84. The second-order valence-electron chi connectivity index (χ2n) is 6.64. The first-order valence-electron chi connectivity index (χ1n) is 9.43. The van der Waals surface area contributed by atoms with Gasteiger partial charge in [0.25, 0.3) is 11.4 Å². The van der Waals surface area contributed by atoms with Gasteiger partial charge in [0.2, 0.25) is 5.91 Å². The molecule has 0 aliphatic rings. The van der Waals surface area contributed by atoms with Crippen LogP contribution >= 0.6 is 0 Å². The van der Waals surface area contributed by atoms with Crippen LogP contribution in [0.1, 0.15) is 16.7 Å². The molecule has 0 bridgehead atoms. The van der Waals surface area contributed by atoms with Gasteiger partial charge in [-0.2, -0.15) is 5.10 Å². The maximum atomic E-state index is 12.1. The summed E-state index contributed by atoms with van der Waals surface area (Å²) < 4.78 is 5.70. The third kappa shape index (κ3) is 6.20. The summed E-state index contributed by atoms with van der Waals surface area (Å²) in [7, 11) is 0. The first-order chi connectivity index (χ1) is 15.4. The monoisotopic (exact) mass is 434 g/mol. The predicted octanol–water partition coefficient (Wildman–Crippen LogP) is 3.77. The summed E-state index contributed by atoms with van der Waals surface area (Å²) in [5.41, 5.74) is 3.18. The lowest BCUT2D eigenvalue weighted by Crippen LogP contribution is -2.20. The van der Waals surface area contributed by atoms with Gasteiger partial charge in [0.15, 0.2) is 0 Å². The van der Waals surface area contributed by atoms with E-state index in [1.165, 1.54) is 12.3 Å². The van der Waals surface area contributed by atoms with Crippen LogP contribution in [-0.2, 0) is 17.8 Å². The zero-order valence-electron chi connectivity index (χ0n) is 16.7. The minimum absolute atomic E-state index is 0.0493. The Bertz CT molecular complexity index is 1150. The Morgan fingerprint density at radius 1 is 0.969 bits per heavy atom. The third-order valence-electron chi connectivity index (χ3n) is 4.36. The quantitative estimate of drug-likeness (QED) is 0.309. The lowest BCUT2D eigenvalue weighted by atomic mass is 10.1. The standard InChI is InChI=1S/C22H18N4O6/c27-22(12-18-8-9-19(25(28)29)13-21(18)26(30)31)24-23-14-16-6-10-20(11-7-16)32-15-17-4-2-1-3-5-17/h1-11,13-14H,12,15H2,(H,24,27)/b23-14-. The lowest BCUT2D eigenvalue weighted by Gasteiger charge is -2.06. The van der Waals surface area contributed by atoms with Crippen molar-refractivity contribution in [1.82, 2.24) is 5.43 Å². The van der Waals surface area contributed by atoms with E-state index in [1.807, 2.05) is 30.3 Å². The van der Waals surface area contributed by atoms with E-state index < -0.39 is 27.1 Å². The van der Waals surface area contributed by atoms with Gasteiger partial charge < -0.3 is 4.74 Å². The first-order valence-corrected chi connectivity index (χ1v) is 9.43. The Balaban J connectivity index is 1.54. The number of nitro benzene ring substituents is 2. The average molecular weight is 434 g/mol. The number of benzene rings is 3. The number of carbonyl (C=O) groups is 1. The normalized spacial score (nSPS) is 10.6. The number of carbonyl (C=O) groups excluding carboxylic acids is 1. The summed E-state index contributed by atoms with van der Waals surface area (Å²) in [6.07, 6.45) is 1.07. The van der Waals surface area contributed by atoms with E-state index in [9.17, 15) is 25.0 Å². The van der Waals surface area contributed by atoms with Gasteiger partial charge in [-0.05, 0) is 41.5 Å². The molecular weight excluding hydrogens is 416 g/mol. The maximum Gasteiger partial charge on any atom is 0.279 e. The summed E-state index contributed by atoms with van der Waals surface area (Å²) in [5.74, 6) is 0.0848. The van der Waals surface area contributed by atoms with E-state index in [1.54, 1.807) is 24.3 Å². The second-order valence-corrected chi connectivity index (χ2v) is 6.64. The van der Waals surface area contributed by atoms with Crippen molar-refractivity contribution in [2.75, 3.05) is 0 Å². The lowest BCUT2D eigenvalue weighted by molar-refractivity contribution is -0.394. The van der Waals surface area contributed by atoms with Crippen LogP contribution in [0.4, 0.5) is 11.4 Å². The molecule has 1 N–H and O–H groups in total. The zero-order valence-corrected chi connectivity index (χ0v) is 16.7. The van der Waals surface area contributed by atoms with Crippen LogP contribution in [0.3, 0.4) is 0 Å². The maximum absolute atomic E-state index is 12.1. The van der Waals surface area contributed by atoms with E-state index in [2.05, 4.69) is 10.5 Å². The van der Waals surface area contributed by atoms with Crippen molar-refractivity contribution in [3.63, 3.8) is 0 Å². The molecule has 0 heterocycles. The van der Waals surface area contributed by atoms with Crippen molar-refractivity contribution in [3.05, 3.63) is 110 Å². The third-order valence-corrected chi connectivity index (χ3v) is 4.36. The van der Waals surface area contributed by atoms with Crippen molar-refractivity contribution < 1.29 is 19.4 Å². The fourth-order valence-corrected chi connectivity index (χ4v) is 2.77. The fraction of sp³-hybridized carbons (Fsp3) is 0.0909. The van der Waals surface area contributed by atoms with Gasteiger partial charge >= 0.3 is 0 Å². The molecule has 0 aromatic heterocycles. The number of hydrogen-bond acceptors (Lipinski definition) is 7. The van der Waals surface area contributed by atoms with E-state index in [-0.39, 0.29) is 12.0 Å². The molecule has 10 heteroatoms. The highest BCUT2D eigenvalue weighted by Gasteiger charge is 2.20. The molecule has 0 atom stereocenters. The number of hydrogen-bond donors (Lipinski definition) is 1. The highest BCUT2D eigenvalue weighted by atomic mass is 16.6. The molecule has 1 amide bonds. The second kappa shape index (κ2) is 10.4. The Morgan fingerprint density at radius 2 is 1.69 bits per heavy atom. The molecule has 0 saturated heterocycles. The number of nitro groups is 2. The number of nitrogens with zero attached hydrogens (tertiary/aromatic N) is 3. The molecule has 32 heavy (non-hydrogen) atoms. The molecule has 3 rings (SSSR count). The minimum Gasteiger partial charge on any atom is -0.489 e. The van der Waals surface area contributed by atoms with Gasteiger partial charge in [-0.25, -0.2) is 5.43 Å². The van der Waals surface area contributed by atoms with E-state index in [0.717, 1.165) is 17.7 Å². The molecule has 0 spiro atoms. The molecule has 0 aliphatic carbocycles. The van der Waals surface area contributed by atoms with Crippen LogP contribution in [0, 0.1) is 20.2 Å². The van der Waals surface area contributed by atoms with Crippen LogP contribution in [0.2, 0.25) is 0 Å². The van der Waals surface area contributed by atoms with Gasteiger partial charge in [-0.1, -0.05) is 30.3 Å². The smallest absolute Gasteiger partial charge is 0.279 e. The van der Waals surface area contributed by atoms with Crippen LogP contribution in [0.15, 0.2) is 77.9 Å². The summed E-state index contributed by atoms with van der Waals surface area (Å²) in [4.78, 5) is 32.5. The van der Waals surface area contributed by atoms with Crippen molar-refractivity contribution in [2.45, 2.75) is 13.0 Å². The van der Waals surface area contributed by atoms with E-state index in [4.69, 9.17) is 4.74 Å². The van der Waals surface area contributed by atoms with Crippen LogP contribution in [-0.4, -0.2) is 22.0 Å². The van der Waals surface area contributed by atoms with Crippen LogP contribution < -0.4 is 10.2 Å². The SMILES string of the molecule is O=C(Cc1ccc([N+](=O)[O-])cc1[N+](=O)[O-])N/N=C\c1ccc(OCc2ccccc2)cc1. The number of hydrazone groups is 1. The molecule has 10 nitrogen and oxygen atoms in total. The molecule has 0 fully saturated rings. The average Bonchev–Trinajstić information content (AvgIpc) is 2.79. The first kappa shape index (κ1) is 22.1. The highest BCUT2D eigenvalue weighted by Crippen LogP contribution is 2.25. The summed E-state index contributed by atoms with van der Waals surface area (Å²) in [5, 5.41) is 25.8. The minimum atomic E-state index is -0.764. The number of ether oxygens (including phenoxy) is 1. The van der Waals surface area contributed by atoms with Gasteiger partial charge in [0.1, 0.15) is 12.4 Å². The Labute approximate surface area is 182 Å². The molecule has 3 aromatic carbocycles. The molecular formula is C22H18N4O6. The van der Waals surface area contributed by atoms with Gasteiger partial charge in [0.05, 0.1) is 28.5 Å². The molecule has 0 unspecified atom stereocenters. The number of amides is 1. The van der Waals surface area contributed by atoms with Crippen molar-refractivity contribution >= 4 is 23.5 Å². The van der Waals surface area contributed by atoms with Gasteiger partial charge in [0, 0.05) is 11.6 Å². The largest absolute Gasteiger partial charge is 0.489 e. The Kier molecular flexibility index (Phi) is 7.20. The van der Waals surface area contributed by atoms with Crippen molar-refractivity contribution in [2.24, 2.45) is 5.10 Å². The van der Waals surface area contributed by atoms with Crippen LogP contribution in [0.25, 0.3) is 0 Å². The molecule has 162 valence electrons.